The molecule has 2 aliphatic carbocycles. The third kappa shape index (κ3) is 1.65. The summed E-state index contributed by atoms with van der Waals surface area (Å²) in [7, 11) is 0. The van der Waals surface area contributed by atoms with Crippen LogP contribution in [0.1, 0.15) is 42.9 Å². The monoisotopic (exact) mass is 216 g/mol. The van der Waals surface area contributed by atoms with Gasteiger partial charge in [0.1, 0.15) is 0 Å². The highest BCUT2D eigenvalue weighted by Gasteiger charge is 2.42. The number of nitrogens with zero attached hydrogens (tertiary/aromatic N) is 1. The van der Waals surface area contributed by atoms with Gasteiger partial charge in [-0.15, -0.1) is 0 Å². The maximum Gasteiger partial charge on any atom is 0.0341 e. The highest BCUT2D eigenvalue weighted by molar-refractivity contribution is 5.21. The summed E-state index contributed by atoms with van der Waals surface area (Å²) in [5.41, 5.74) is 8.87. The molecule has 0 radical (unpaired) electrons. The van der Waals surface area contributed by atoms with E-state index < -0.39 is 0 Å². The van der Waals surface area contributed by atoms with Crippen LogP contribution in [-0.2, 0) is 0 Å². The van der Waals surface area contributed by atoms with E-state index in [4.69, 9.17) is 5.73 Å². The Morgan fingerprint density at radius 1 is 1.31 bits per heavy atom. The second-order valence-corrected chi connectivity index (χ2v) is 5.66. The van der Waals surface area contributed by atoms with Gasteiger partial charge in [-0.2, -0.15) is 0 Å². The first-order chi connectivity index (χ1) is 7.74. The Balaban J connectivity index is 1.80. The molecule has 86 valence electrons. The smallest absolute Gasteiger partial charge is 0.0341 e. The van der Waals surface area contributed by atoms with Crippen molar-refractivity contribution >= 4 is 0 Å². The van der Waals surface area contributed by atoms with Crippen LogP contribution in [0, 0.1) is 24.7 Å². The number of nitrogens with two attached hydrogens (primary N) is 1. The Labute approximate surface area is 97.3 Å². The van der Waals surface area contributed by atoms with Gasteiger partial charge in [-0.3, -0.25) is 4.98 Å². The lowest BCUT2D eigenvalue weighted by atomic mass is 9.81. The maximum absolute atomic E-state index is 6.42. The highest BCUT2D eigenvalue weighted by Crippen LogP contribution is 2.51. The van der Waals surface area contributed by atoms with Crippen molar-refractivity contribution in [2.24, 2.45) is 23.5 Å². The van der Waals surface area contributed by atoms with Gasteiger partial charge in [0, 0.05) is 18.4 Å². The van der Waals surface area contributed by atoms with E-state index in [1.807, 2.05) is 12.4 Å². The third-order valence-corrected chi connectivity index (χ3v) is 4.54. The molecule has 1 aromatic heterocycles. The number of aryl methyl sites for hydroxylation is 1. The van der Waals surface area contributed by atoms with Gasteiger partial charge in [0.15, 0.2) is 0 Å². The average Bonchev–Trinajstić information content (AvgIpc) is 2.89. The quantitative estimate of drug-likeness (QED) is 0.825. The number of rotatable bonds is 2. The van der Waals surface area contributed by atoms with E-state index in [0.717, 1.165) is 11.8 Å². The average molecular weight is 216 g/mol. The van der Waals surface area contributed by atoms with Crippen molar-refractivity contribution in [3.63, 3.8) is 0 Å². The summed E-state index contributed by atoms with van der Waals surface area (Å²) < 4.78 is 0. The minimum atomic E-state index is 0.211. The van der Waals surface area contributed by atoms with Crippen LogP contribution in [0.5, 0.6) is 0 Å². The summed E-state index contributed by atoms with van der Waals surface area (Å²) in [4.78, 5) is 4.26. The van der Waals surface area contributed by atoms with Gasteiger partial charge in [-0.1, -0.05) is 12.5 Å². The van der Waals surface area contributed by atoms with E-state index in [1.54, 1.807) is 0 Å². The molecule has 2 bridgehead atoms. The van der Waals surface area contributed by atoms with Crippen LogP contribution in [-0.4, -0.2) is 4.98 Å². The van der Waals surface area contributed by atoms with Crippen LogP contribution < -0.4 is 5.73 Å². The fourth-order valence-corrected chi connectivity index (χ4v) is 3.74. The summed E-state index contributed by atoms with van der Waals surface area (Å²) >= 11 is 0. The first-order valence-corrected chi connectivity index (χ1v) is 6.41. The van der Waals surface area contributed by atoms with Crippen LogP contribution >= 0.6 is 0 Å². The minimum absolute atomic E-state index is 0.211. The number of hydrogen-bond acceptors (Lipinski definition) is 2. The van der Waals surface area contributed by atoms with E-state index in [2.05, 4.69) is 18.0 Å². The Morgan fingerprint density at radius 2 is 2.19 bits per heavy atom. The van der Waals surface area contributed by atoms with Crippen molar-refractivity contribution < 1.29 is 0 Å². The predicted octanol–water partition coefficient (Wildman–Crippen LogP) is 2.83. The summed E-state index contributed by atoms with van der Waals surface area (Å²) in [6.07, 6.45) is 9.47. The summed E-state index contributed by atoms with van der Waals surface area (Å²) in [5.74, 6) is 2.57. The Hall–Kier alpha value is -0.890. The van der Waals surface area contributed by atoms with E-state index in [9.17, 15) is 0 Å². The summed E-state index contributed by atoms with van der Waals surface area (Å²) in [5, 5.41) is 0. The van der Waals surface area contributed by atoms with Crippen molar-refractivity contribution in [2.75, 3.05) is 0 Å². The lowest BCUT2D eigenvalue weighted by Crippen LogP contribution is -2.26. The van der Waals surface area contributed by atoms with Gasteiger partial charge < -0.3 is 5.73 Å². The lowest BCUT2D eigenvalue weighted by Gasteiger charge is -2.27. The normalized spacial score (nSPS) is 34.2. The van der Waals surface area contributed by atoms with Crippen molar-refractivity contribution in [3.8, 4) is 0 Å². The first-order valence-electron chi connectivity index (χ1n) is 6.41. The van der Waals surface area contributed by atoms with Crippen molar-refractivity contribution in [1.82, 2.24) is 4.98 Å². The molecule has 1 aromatic rings. The first kappa shape index (κ1) is 10.3. The molecule has 0 spiro atoms. The molecule has 4 unspecified atom stereocenters. The van der Waals surface area contributed by atoms with Gasteiger partial charge in [0.05, 0.1) is 0 Å². The van der Waals surface area contributed by atoms with Crippen LogP contribution in [0.25, 0.3) is 0 Å². The largest absolute Gasteiger partial charge is 0.324 e. The fourth-order valence-electron chi connectivity index (χ4n) is 3.74. The van der Waals surface area contributed by atoms with Gasteiger partial charge in [0.2, 0.25) is 0 Å². The molecule has 2 fully saturated rings. The van der Waals surface area contributed by atoms with E-state index in [1.165, 1.54) is 36.8 Å². The third-order valence-electron chi connectivity index (χ3n) is 4.54. The van der Waals surface area contributed by atoms with Crippen LogP contribution in [0.4, 0.5) is 0 Å². The molecule has 0 saturated heterocycles. The van der Waals surface area contributed by atoms with Crippen molar-refractivity contribution in [3.05, 3.63) is 29.6 Å². The topological polar surface area (TPSA) is 38.9 Å². The Morgan fingerprint density at radius 3 is 2.81 bits per heavy atom. The molecule has 2 saturated carbocycles. The Kier molecular flexibility index (Phi) is 2.47. The molecule has 2 aliphatic rings. The molecule has 2 heteroatoms. The molecule has 0 amide bonds. The summed E-state index contributed by atoms with van der Waals surface area (Å²) in [6, 6.07) is 2.41. The molecule has 0 aromatic carbocycles. The fraction of sp³-hybridized carbons (Fsp3) is 0.643. The second-order valence-electron chi connectivity index (χ2n) is 5.66. The van der Waals surface area contributed by atoms with E-state index in [-0.39, 0.29) is 6.04 Å². The Bertz CT molecular complexity index is 388. The molecule has 0 aliphatic heterocycles. The van der Waals surface area contributed by atoms with Gasteiger partial charge in [0.25, 0.3) is 0 Å². The zero-order valence-electron chi connectivity index (χ0n) is 9.89. The number of hydrogen-bond donors (Lipinski definition) is 1. The van der Waals surface area contributed by atoms with Crippen LogP contribution in [0.2, 0.25) is 0 Å². The molecule has 4 atom stereocenters. The molecule has 1 heterocycles. The van der Waals surface area contributed by atoms with Crippen molar-refractivity contribution in [1.29, 1.82) is 0 Å². The molecule has 3 rings (SSSR count). The zero-order chi connectivity index (χ0) is 11.1. The molecule has 2 nitrogen and oxygen atoms in total. The standard InChI is InChI=1S/C14H20N2/c1-9-4-12(8-16-7-9)14(15)13-6-10-2-3-11(13)5-10/h4,7-8,10-11,13-14H,2-3,5-6,15H2,1H3. The maximum atomic E-state index is 6.42. The number of aromatic nitrogens is 1. The lowest BCUT2D eigenvalue weighted by molar-refractivity contribution is 0.284. The predicted molar refractivity (Wildman–Crippen MR) is 64.8 cm³/mol. The zero-order valence-corrected chi connectivity index (χ0v) is 9.89. The van der Waals surface area contributed by atoms with Gasteiger partial charge in [-0.05, 0) is 55.1 Å². The van der Waals surface area contributed by atoms with Crippen LogP contribution in [0.3, 0.4) is 0 Å². The second kappa shape index (κ2) is 3.85. The number of fused-ring (bicyclic) bond motifs is 2. The van der Waals surface area contributed by atoms with Crippen LogP contribution in [0.15, 0.2) is 18.5 Å². The van der Waals surface area contributed by atoms with Gasteiger partial charge in [-0.25, -0.2) is 0 Å². The SMILES string of the molecule is Cc1cncc(C(N)C2CC3CCC2C3)c1. The van der Waals surface area contributed by atoms with Crippen molar-refractivity contribution in [2.45, 2.75) is 38.6 Å². The number of pyridine rings is 1. The molecular weight excluding hydrogens is 196 g/mol. The molecule has 16 heavy (non-hydrogen) atoms. The minimum Gasteiger partial charge on any atom is -0.324 e. The summed E-state index contributed by atoms with van der Waals surface area (Å²) in [6.45, 7) is 2.09. The van der Waals surface area contributed by atoms with Gasteiger partial charge >= 0.3 is 0 Å². The molecule has 2 N–H and O–H groups in total. The van der Waals surface area contributed by atoms with E-state index in [0.29, 0.717) is 5.92 Å². The molecular formula is C14H20N2. The van der Waals surface area contributed by atoms with E-state index >= 15 is 0 Å². The highest BCUT2D eigenvalue weighted by atomic mass is 14.7.